The SMILES string of the molecule is CC(=O)NCCCN1CCCN(CCCNC(C)=O)CC1. The van der Waals surface area contributed by atoms with Gasteiger partial charge in [-0.3, -0.25) is 9.59 Å². The Bertz CT molecular complexity index is 293. The van der Waals surface area contributed by atoms with Crippen molar-refractivity contribution in [3.63, 3.8) is 0 Å². The van der Waals surface area contributed by atoms with Crippen molar-refractivity contribution >= 4 is 11.8 Å². The fourth-order valence-corrected chi connectivity index (χ4v) is 2.61. The maximum atomic E-state index is 10.8. The van der Waals surface area contributed by atoms with Crippen molar-refractivity contribution in [2.45, 2.75) is 33.1 Å². The molecule has 0 aromatic rings. The zero-order valence-corrected chi connectivity index (χ0v) is 13.5. The Kier molecular flexibility index (Phi) is 9.01. The summed E-state index contributed by atoms with van der Waals surface area (Å²) in [6.45, 7) is 11.2. The molecule has 0 atom stereocenters. The summed E-state index contributed by atoms with van der Waals surface area (Å²) in [6.07, 6.45) is 3.23. The van der Waals surface area contributed by atoms with Gasteiger partial charge in [-0.1, -0.05) is 0 Å². The number of hydrogen-bond donors (Lipinski definition) is 2. The molecule has 0 unspecified atom stereocenters. The van der Waals surface area contributed by atoms with Gasteiger partial charge in [0.05, 0.1) is 0 Å². The van der Waals surface area contributed by atoms with E-state index in [1.54, 1.807) is 13.8 Å². The van der Waals surface area contributed by atoms with Crippen LogP contribution in [0.2, 0.25) is 0 Å². The standard InChI is InChI=1S/C15H30N4O2/c1-14(20)16-6-3-8-18-10-5-11-19(13-12-18)9-4-7-17-15(2)21/h3-13H2,1-2H3,(H,16,20)(H,17,21). The van der Waals surface area contributed by atoms with Gasteiger partial charge in [-0.05, 0) is 45.4 Å². The smallest absolute Gasteiger partial charge is 0.216 e. The summed E-state index contributed by atoms with van der Waals surface area (Å²) in [4.78, 5) is 26.6. The molecule has 6 heteroatoms. The van der Waals surface area contributed by atoms with Crippen molar-refractivity contribution in [1.82, 2.24) is 20.4 Å². The molecular weight excluding hydrogens is 268 g/mol. The molecule has 122 valence electrons. The molecule has 0 aromatic carbocycles. The molecule has 1 aliphatic rings. The van der Waals surface area contributed by atoms with Gasteiger partial charge in [0.15, 0.2) is 0 Å². The molecule has 0 aliphatic carbocycles. The Morgan fingerprint density at radius 2 is 1.24 bits per heavy atom. The molecule has 0 radical (unpaired) electrons. The third-order valence-corrected chi connectivity index (χ3v) is 3.73. The van der Waals surface area contributed by atoms with E-state index < -0.39 is 0 Å². The van der Waals surface area contributed by atoms with Crippen LogP contribution in [-0.2, 0) is 9.59 Å². The van der Waals surface area contributed by atoms with Crippen LogP contribution in [-0.4, -0.2) is 74.0 Å². The molecule has 0 aromatic heterocycles. The summed E-state index contributed by atoms with van der Waals surface area (Å²) < 4.78 is 0. The number of rotatable bonds is 8. The van der Waals surface area contributed by atoms with Crippen LogP contribution in [0.25, 0.3) is 0 Å². The second-order valence-electron chi connectivity index (χ2n) is 5.71. The van der Waals surface area contributed by atoms with Crippen LogP contribution in [0.5, 0.6) is 0 Å². The van der Waals surface area contributed by atoms with Crippen LogP contribution in [0, 0.1) is 0 Å². The zero-order valence-electron chi connectivity index (χ0n) is 13.5. The predicted molar refractivity (Wildman–Crippen MR) is 84.1 cm³/mol. The summed E-state index contributed by atoms with van der Waals surface area (Å²) in [5, 5.41) is 5.68. The molecule has 0 spiro atoms. The van der Waals surface area contributed by atoms with Crippen molar-refractivity contribution < 1.29 is 9.59 Å². The fourth-order valence-electron chi connectivity index (χ4n) is 2.61. The molecule has 1 heterocycles. The maximum Gasteiger partial charge on any atom is 0.216 e. The molecule has 0 bridgehead atoms. The average Bonchev–Trinajstić information content (AvgIpc) is 2.65. The lowest BCUT2D eigenvalue weighted by Crippen LogP contribution is -2.34. The topological polar surface area (TPSA) is 64.7 Å². The van der Waals surface area contributed by atoms with E-state index in [4.69, 9.17) is 0 Å². The minimum Gasteiger partial charge on any atom is -0.356 e. The third kappa shape index (κ3) is 9.42. The minimum atomic E-state index is 0.0520. The van der Waals surface area contributed by atoms with Gasteiger partial charge in [0.1, 0.15) is 0 Å². The summed E-state index contributed by atoms with van der Waals surface area (Å²) >= 11 is 0. The van der Waals surface area contributed by atoms with Crippen LogP contribution >= 0.6 is 0 Å². The van der Waals surface area contributed by atoms with E-state index in [-0.39, 0.29) is 11.8 Å². The van der Waals surface area contributed by atoms with Gasteiger partial charge in [0.25, 0.3) is 0 Å². The van der Waals surface area contributed by atoms with Gasteiger partial charge in [-0.25, -0.2) is 0 Å². The first-order valence-corrected chi connectivity index (χ1v) is 8.01. The van der Waals surface area contributed by atoms with E-state index in [2.05, 4.69) is 20.4 Å². The number of nitrogens with zero attached hydrogens (tertiary/aromatic N) is 2. The van der Waals surface area contributed by atoms with Gasteiger partial charge >= 0.3 is 0 Å². The Morgan fingerprint density at radius 1 is 0.810 bits per heavy atom. The number of carbonyl (C=O) groups excluding carboxylic acids is 2. The van der Waals surface area contributed by atoms with Crippen molar-refractivity contribution in [2.75, 3.05) is 52.4 Å². The van der Waals surface area contributed by atoms with Gasteiger partial charge in [0, 0.05) is 40.0 Å². The predicted octanol–water partition coefficient (Wildman–Crippen LogP) is 0.0465. The molecule has 1 fully saturated rings. The number of hydrogen-bond acceptors (Lipinski definition) is 4. The lowest BCUT2D eigenvalue weighted by atomic mass is 10.3. The summed E-state index contributed by atoms with van der Waals surface area (Å²) in [5.74, 6) is 0.104. The monoisotopic (exact) mass is 298 g/mol. The second-order valence-corrected chi connectivity index (χ2v) is 5.71. The van der Waals surface area contributed by atoms with Crippen molar-refractivity contribution in [3.8, 4) is 0 Å². The molecule has 6 nitrogen and oxygen atoms in total. The Hall–Kier alpha value is -1.14. The van der Waals surface area contributed by atoms with E-state index in [1.807, 2.05) is 0 Å². The Morgan fingerprint density at radius 3 is 1.62 bits per heavy atom. The molecule has 2 amide bonds. The highest BCUT2D eigenvalue weighted by Gasteiger charge is 2.13. The summed E-state index contributed by atoms with van der Waals surface area (Å²) in [6, 6.07) is 0. The summed E-state index contributed by atoms with van der Waals surface area (Å²) in [5.41, 5.74) is 0. The molecule has 1 saturated heterocycles. The van der Waals surface area contributed by atoms with Gasteiger partial charge in [0.2, 0.25) is 11.8 Å². The van der Waals surface area contributed by atoms with Crippen LogP contribution in [0.3, 0.4) is 0 Å². The number of amides is 2. The van der Waals surface area contributed by atoms with E-state index in [9.17, 15) is 9.59 Å². The first-order valence-electron chi connectivity index (χ1n) is 8.01. The number of carbonyl (C=O) groups is 2. The largest absolute Gasteiger partial charge is 0.356 e. The Labute approximate surface area is 128 Å². The first kappa shape index (κ1) is 17.9. The summed E-state index contributed by atoms with van der Waals surface area (Å²) in [7, 11) is 0. The zero-order chi connectivity index (χ0) is 15.5. The fraction of sp³-hybridized carbons (Fsp3) is 0.867. The first-order chi connectivity index (χ1) is 10.1. The average molecular weight is 298 g/mol. The quantitative estimate of drug-likeness (QED) is 0.621. The lowest BCUT2D eigenvalue weighted by molar-refractivity contribution is -0.119. The van der Waals surface area contributed by atoms with Crippen molar-refractivity contribution in [2.24, 2.45) is 0 Å². The highest BCUT2D eigenvalue weighted by molar-refractivity contribution is 5.72. The van der Waals surface area contributed by atoms with Crippen LogP contribution < -0.4 is 10.6 Å². The third-order valence-electron chi connectivity index (χ3n) is 3.73. The minimum absolute atomic E-state index is 0.0520. The lowest BCUT2D eigenvalue weighted by Gasteiger charge is -2.21. The highest BCUT2D eigenvalue weighted by Crippen LogP contribution is 2.04. The van der Waals surface area contributed by atoms with Crippen LogP contribution in [0.1, 0.15) is 33.1 Å². The maximum absolute atomic E-state index is 10.8. The Balaban J connectivity index is 2.09. The van der Waals surface area contributed by atoms with Crippen molar-refractivity contribution in [3.05, 3.63) is 0 Å². The molecule has 2 N–H and O–H groups in total. The van der Waals surface area contributed by atoms with E-state index in [0.29, 0.717) is 0 Å². The molecule has 1 aliphatic heterocycles. The molecule has 1 rings (SSSR count). The highest BCUT2D eigenvalue weighted by atomic mass is 16.1. The van der Waals surface area contributed by atoms with Gasteiger partial charge in [-0.15, -0.1) is 0 Å². The number of nitrogens with one attached hydrogen (secondary N) is 2. The molecule has 0 saturated carbocycles. The van der Waals surface area contributed by atoms with Crippen LogP contribution in [0.15, 0.2) is 0 Å². The van der Waals surface area contributed by atoms with E-state index in [1.165, 1.54) is 6.42 Å². The normalized spacial score (nSPS) is 17.2. The van der Waals surface area contributed by atoms with Crippen LogP contribution in [0.4, 0.5) is 0 Å². The molecular formula is C15H30N4O2. The van der Waals surface area contributed by atoms with Crippen molar-refractivity contribution in [1.29, 1.82) is 0 Å². The van der Waals surface area contributed by atoms with Gasteiger partial charge in [-0.2, -0.15) is 0 Å². The molecule has 21 heavy (non-hydrogen) atoms. The van der Waals surface area contributed by atoms with E-state index >= 15 is 0 Å². The van der Waals surface area contributed by atoms with E-state index in [0.717, 1.165) is 65.2 Å². The van der Waals surface area contributed by atoms with Gasteiger partial charge < -0.3 is 20.4 Å². The second kappa shape index (κ2) is 10.6.